The molecule has 0 saturated heterocycles. The lowest BCUT2D eigenvalue weighted by Gasteiger charge is -2.22. The number of hydrogen-bond donors (Lipinski definition) is 2. The van der Waals surface area contributed by atoms with Crippen molar-refractivity contribution in [3.8, 4) is 0 Å². The van der Waals surface area contributed by atoms with Crippen LogP contribution in [0.1, 0.15) is 31.8 Å². The number of fused-ring (bicyclic) bond motifs is 2. The standard InChI is InChI=1S/C20H11Cl3N2O2/c21-11-5-7-14(18(23)17(11)22)25-13-8-6-12(24)15-16(13)20(27)10-4-2-1-3-9(10)19(15)26/h1-8,25H,24H2. The van der Waals surface area contributed by atoms with Crippen molar-refractivity contribution in [3.05, 3.63) is 85.9 Å². The molecular formula is C20H11Cl3N2O2. The number of carbonyl (C=O) groups is 2. The van der Waals surface area contributed by atoms with Crippen molar-refractivity contribution < 1.29 is 9.59 Å². The van der Waals surface area contributed by atoms with Gasteiger partial charge in [-0.15, -0.1) is 0 Å². The summed E-state index contributed by atoms with van der Waals surface area (Å²) < 4.78 is 0. The van der Waals surface area contributed by atoms with Gasteiger partial charge in [0.05, 0.1) is 37.6 Å². The normalized spacial score (nSPS) is 12.6. The molecular weight excluding hydrogens is 407 g/mol. The van der Waals surface area contributed by atoms with Crippen LogP contribution in [0.3, 0.4) is 0 Å². The zero-order valence-corrected chi connectivity index (χ0v) is 15.9. The van der Waals surface area contributed by atoms with E-state index in [4.69, 9.17) is 40.5 Å². The van der Waals surface area contributed by atoms with E-state index in [-0.39, 0.29) is 38.4 Å². The third kappa shape index (κ3) is 2.77. The average Bonchev–Trinajstić information content (AvgIpc) is 2.67. The number of rotatable bonds is 2. The molecule has 0 bridgehead atoms. The summed E-state index contributed by atoms with van der Waals surface area (Å²) in [7, 11) is 0. The summed E-state index contributed by atoms with van der Waals surface area (Å²) in [6.07, 6.45) is 0. The monoisotopic (exact) mass is 416 g/mol. The fraction of sp³-hybridized carbons (Fsp3) is 0. The molecule has 0 amide bonds. The molecule has 134 valence electrons. The van der Waals surface area contributed by atoms with Crippen LogP contribution in [-0.2, 0) is 0 Å². The van der Waals surface area contributed by atoms with Gasteiger partial charge in [-0.25, -0.2) is 0 Å². The van der Waals surface area contributed by atoms with Gasteiger partial charge in [-0.1, -0.05) is 59.1 Å². The molecule has 0 fully saturated rings. The highest BCUT2D eigenvalue weighted by atomic mass is 35.5. The number of nitrogens with two attached hydrogens (primary N) is 1. The van der Waals surface area contributed by atoms with Gasteiger partial charge in [-0.2, -0.15) is 0 Å². The lowest BCUT2D eigenvalue weighted by molar-refractivity contribution is 0.0980. The Bertz CT molecular complexity index is 1140. The zero-order valence-electron chi connectivity index (χ0n) is 13.6. The summed E-state index contributed by atoms with van der Waals surface area (Å²) in [5, 5.41) is 3.79. The van der Waals surface area contributed by atoms with Crippen molar-refractivity contribution in [3.63, 3.8) is 0 Å². The Morgan fingerprint density at radius 2 is 1.30 bits per heavy atom. The number of anilines is 3. The van der Waals surface area contributed by atoms with Crippen LogP contribution < -0.4 is 11.1 Å². The van der Waals surface area contributed by atoms with Gasteiger partial charge in [0, 0.05) is 16.8 Å². The minimum atomic E-state index is -0.290. The molecule has 4 nitrogen and oxygen atoms in total. The van der Waals surface area contributed by atoms with Gasteiger partial charge in [0.15, 0.2) is 11.6 Å². The molecule has 27 heavy (non-hydrogen) atoms. The van der Waals surface area contributed by atoms with Crippen LogP contribution in [0.4, 0.5) is 17.1 Å². The van der Waals surface area contributed by atoms with Crippen LogP contribution in [-0.4, -0.2) is 11.6 Å². The fourth-order valence-corrected chi connectivity index (χ4v) is 3.70. The van der Waals surface area contributed by atoms with Gasteiger partial charge in [0.2, 0.25) is 0 Å². The molecule has 1 aliphatic carbocycles. The van der Waals surface area contributed by atoms with Crippen molar-refractivity contribution in [1.82, 2.24) is 0 Å². The quantitative estimate of drug-likeness (QED) is 0.322. The first-order chi connectivity index (χ1) is 12.9. The predicted molar refractivity (Wildman–Crippen MR) is 109 cm³/mol. The summed E-state index contributed by atoms with van der Waals surface area (Å²) in [5.41, 5.74) is 8.19. The first kappa shape index (κ1) is 17.9. The van der Waals surface area contributed by atoms with Gasteiger partial charge < -0.3 is 11.1 Å². The molecule has 3 aromatic carbocycles. The van der Waals surface area contributed by atoms with E-state index in [1.54, 1.807) is 48.5 Å². The maximum atomic E-state index is 13.1. The maximum absolute atomic E-state index is 13.1. The van der Waals surface area contributed by atoms with Crippen LogP contribution >= 0.6 is 34.8 Å². The minimum Gasteiger partial charge on any atom is -0.398 e. The van der Waals surface area contributed by atoms with Gasteiger partial charge in [-0.05, 0) is 24.3 Å². The third-order valence-electron chi connectivity index (χ3n) is 4.41. The predicted octanol–water partition coefficient (Wildman–Crippen LogP) is 5.75. The molecule has 3 aromatic rings. The van der Waals surface area contributed by atoms with Crippen molar-refractivity contribution in [1.29, 1.82) is 0 Å². The number of hydrogen-bond acceptors (Lipinski definition) is 4. The highest BCUT2D eigenvalue weighted by Crippen LogP contribution is 2.40. The van der Waals surface area contributed by atoms with Crippen LogP contribution in [0.2, 0.25) is 15.1 Å². The molecule has 0 spiro atoms. The average molecular weight is 418 g/mol. The third-order valence-corrected chi connectivity index (χ3v) is 5.71. The van der Waals surface area contributed by atoms with E-state index >= 15 is 0 Å². The molecule has 1 aliphatic rings. The molecule has 4 rings (SSSR count). The lowest BCUT2D eigenvalue weighted by atomic mass is 9.82. The second-order valence-electron chi connectivity index (χ2n) is 6.00. The summed E-state index contributed by atoms with van der Waals surface area (Å²) in [5.74, 6) is -0.576. The minimum absolute atomic E-state index is 0.180. The van der Waals surface area contributed by atoms with Gasteiger partial charge >= 0.3 is 0 Å². The lowest BCUT2D eigenvalue weighted by Crippen LogP contribution is -2.23. The van der Waals surface area contributed by atoms with E-state index in [0.717, 1.165) is 0 Å². The first-order valence-electron chi connectivity index (χ1n) is 7.91. The molecule has 0 aromatic heterocycles. The van der Waals surface area contributed by atoms with Crippen LogP contribution in [0.5, 0.6) is 0 Å². The van der Waals surface area contributed by atoms with Crippen LogP contribution in [0, 0.1) is 0 Å². The molecule has 7 heteroatoms. The summed E-state index contributed by atoms with van der Waals surface area (Å²) >= 11 is 18.3. The second kappa shape index (κ2) is 6.57. The Hall–Kier alpha value is -2.53. The van der Waals surface area contributed by atoms with E-state index < -0.39 is 0 Å². The summed E-state index contributed by atoms with van der Waals surface area (Å²) in [6.45, 7) is 0. The van der Waals surface area contributed by atoms with Crippen LogP contribution in [0.25, 0.3) is 0 Å². The van der Waals surface area contributed by atoms with E-state index in [9.17, 15) is 9.59 Å². The Labute approximate surface area is 169 Å². The molecule has 3 N–H and O–H groups in total. The molecule has 0 saturated carbocycles. The van der Waals surface area contributed by atoms with Gasteiger partial charge in [0.1, 0.15) is 0 Å². The number of ketones is 2. The fourth-order valence-electron chi connectivity index (χ4n) is 3.12. The van der Waals surface area contributed by atoms with Crippen molar-refractivity contribution in [2.45, 2.75) is 0 Å². The van der Waals surface area contributed by atoms with E-state index in [2.05, 4.69) is 5.32 Å². The summed E-state index contributed by atoms with van der Waals surface area (Å²) in [4.78, 5) is 26.0. The van der Waals surface area contributed by atoms with Gasteiger partial charge in [0.25, 0.3) is 0 Å². The Balaban J connectivity index is 1.90. The van der Waals surface area contributed by atoms with E-state index in [1.165, 1.54) is 0 Å². The molecule has 0 heterocycles. The van der Waals surface area contributed by atoms with Crippen molar-refractivity contribution in [2.24, 2.45) is 0 Å². The highest BCUT2D eigenvalue weighted by molar-refractivity contribution is 6.49. The first-order valence-corrected chi connectivity index (χ1v) is 9.05. The number of nitrogens with one attached hydrogen (secondary N) is 1. The van der Waals surface area contributed by atoms with E-state index in [0.29, 0.717) is 27.5 Å². The number of benzene rings is 3. The van der Waals surface area contributed by atoms with Gasteiger partial charge in [-0.3, -0.25) is 9.59 Å². The molecule has 0 aliphatic heterocycles. The largest absolute Gasteiger partial charge is 0.398 e. The number of halogens is 3. The molecule has 0 atom stereocenters. The molecule has 0 unspecified atom stereocenters. The smallest absolute Gasteiger partial charge is 0.196 e. The SMILES string of the molecule is Nc1ccc(Nc2ccc(Cl)c(Cl)c2Cl)c2c1C(=O)c1ccccc1C2=O. The Morgan fingerprint density at radius 3 is 1.96 bits per heavy atom. The van der Waals surface area contributed by atoms with Crippen LogP contribution in [0.15, 0.2) is 48.5 Å². The van der Waals surface area contributed by atoms with E-state index in [1.807, 2.05) is 0 Å². The number of carbonyl (C=O) groups excluding carboxylic acids is 2. The maximum Gasteiger partial charge on any atom is 0.196 e. The Morgan fingerprint density at radius 1 is 0.704 bits per heavy atom. The van der Waals surface area contributed by atoms with Crippen molar-refractivity contribution >= 4 is 63.4 Å². The molecule has 0 radical (unpaired) electrons. The zero-order chi connectivity index (χ0) is 19.3. The topological polar surface area (TPSA) is 72.2 Å². The number of nitrogen functional groups attached to an aromatic ring is 1. The highest BCUT2D eigenvalue weighted by Gasteiger charge is 2.33. The van der Waals surface area contributed by atoms with Crippen molar-refractivity contribution in [2.75, 3.05) is 11.1 Å². The summed E-state index contributed by atoms with van der Waals surface area (Å²) in [6, 6.07) is 13.1. The second-order valence-corrected chi connectivity index (χ2v) is 7.17. The Kier molecular flexibility index (Phi) is 4.35.